The van der Waals surface area contributed by atoms with Gasteiger partial charge in [-0.2, -0.15) is 9.99 Å². The van der Waals surface area contributed by atoms with Crippen molar-refractivity contribution < 1.29 is 14.3 Å². The highest BCUT2D eigenvalue weighted by atomic mass is 31.0. The van der Waals surface area contributed by atoms with Gasteiger partial charge in [-0.05, 0) is 111 Å². The third-order valence-corrected chi connectivity index (χ3v) is 19.9. The van der Waals surface area contributed by atoms with Crippen LogP contribution < -0.4 is 38.2 Å². The fourth-order valence-electron chi connectivity index (χ4n) is 15.5. The molecule has 2 saturated carbocycles. The van der Waals surface area contributed by atoms with E-state index in [9.17, 15) is 9.59 Å². The first kappa shape index (κ1) is 79.3. The molecule has 0 aliphatic heterocycles. The van der Waals surface area contributed by atoms with Crippen molar-refractivity contribution in [3.8, 4) is 0 Å². The number of carbonyl (C=O) groups excluding carboxylic acids is 1. The molecule has 88 heavy (non-hydrogen) atoms. The lowest BCUT2D eigenvalue weighted by atomic mass is 9.62. The molecule has 0 spiro atoms. The highest BCUT2D eigenvalue weighted by Crippen LogP contribution is 2.48. The summed E-state index contributed by atoms with van der Waals surface area (Å²) in [6, 6.07) is -0.205. The quantitative estimate of drug-likeness (QED) is 0.00919. The molecule has 0 aromatic carbocycles. The van der Waals surface area contributed by atoms with Crippen molar-refractivity contribution in [3.05, 3.63) is 46.3 Å². The van der Waals surface area contributed by atoms with E-state index in [4.69, 9.17) is 21.2 Å². The Balaban J connectivity index is 1.50. The van der Waals surface area contributed by atoms with Crippen LogP contribution in [0.25, 0.3) is 0 Å². The lowest BCUT2D eigenvalue weighted by molar-refractivity contribution is 0.0492. The molecule has 14 heteroatoms. The van der Waals surface area contributed by atoms with Crippen molar-refractivity contribution in [2.45, 2.75) is 351 Å². The van der Waals surface area contributed by atoms with E-state index in [2.05, 4.69) is 117 Å². The number of aryl methyl sites for hydroxylation is 1. The lowest BCUT2D eigenvalue weighted by Gasteiger charge is -2.48. The Bertz CT molecular complexity index is 2150. The Kier molecular flexibility index (Phi) is 39.4. The van der Waals surface area contributed by atoms with Gasteiger partial charge in [0.2, 0.25) is 5.95 Å². The van der Waals surface area contributed by atoms with Crippen LogP contribution in [0.5, 0.6) is 0 Å². The van der Waals surface area contributed by atoms with Crippen molar-refractivity contribution in [1.29, 1.82) is 0 Å². The van der Waals surface area contributed by atoms with E-state index in [1.165, 1.54) is 218 Å². The number of unbranched alkanes of at least 4 members (excludes halogenated alkanes) is 24. The first-order valence-electron chi connectivity index (χ1n) is 36.6. The third-order valence-electron chi connectivity index (χ3n) is 19.6. The second kappa shape index (κ2) is 43.8. The van der Waals surface area contributed by atoms with Crippen LogP contribution in [0.3, 0.4) is 0 Å². The molecule has 3 rings (SSSR count). The number of urea groups is 1. The monoisotopic (exact) mass is 1250 g/mol. The molecule has 1 aromatic heterocycles. The zero-order chi connectivity index (χ0) is 64.9. The highest BCUT2D eigenvalue weighted by molar-refractivity contribution is 7.20. The van der Waals surface area contributed by atoms with E-state index in [0.29, 0.717) is 47.7 Å². The SMILES string of the molecule is C=C(CCC(CCCCCCCC)CCCCCCCCCC)NC1CC(C)(C)CC(C)(CNC(=C)OCCc2c(C)[nH]c(N(N)C(=O)N(N)CC3(C)CC(NC(=P)OCC(CCCCCCCC)CCCCCCCCCC)CC(C)(C)C3)nc2=O)C1. The number of rotatable bonds is 52. The largest absolute Gasteiger partial charge is 0.479 e. The lowest BCUT2D eigenvalue weighted by Crippen LogP contribution is -2.57. The molecule has 0 bridgehead atoms. The summed E-state index contributed by atoms with van der Waals surface area (Å²) in [7, 11) is 3.84. The fraction of sp³-hybridized carbons (Fsp3) is 0.865. The number of nitrogens with one attached hydrogen (secondary N) is 4. The minimum absolute atomic E-state index is 0.0133. The normalized spacial score (nSPS) is 20.5. The summed E-state index contributed by atoms with van der Waals surface area (Å²) in [6.45, 7) is 35.6. The standard InChI is InChI=1S/C74H140N9O4P/c1-14-18-22-26-30-32-36-39-43-62(42-38-34-28-24-20-16-3)47-46-59(5)78-64-50-71(8,9)55-73(12,52-64)57-77-61(7)86-49-48-66-60(6)79-68(81-67(66)84)83(76)70(85)82(75)58-74(13)53-65(51-72(10,11)56-74)80-69(88)87-54-63(44-40-35-29-25-21-17-4)45-41-37-33-31-27-23-19-15-2/h62-65,77-78,80,88H,5,7,14-58,75-76H2,1-4,6,8-13H3,(H,79,81,84). The van der Waals surface area contributed by atoms with Crippen molar-refractivity contribution >= 4 is 26.4 Å². The Labute approximate surface area is 543 Å². The summed E-state index contributed by atoms with van der Waals surface area (Å²) in [4.78, 5) is 34.8. The number of amides is 2. The molecular weight excluding hydrogens is 1110 g/mol. The number of aromatic amines is 1. The predicted octanol–water partition coefficient (Wildman–Crippen LogP) is 19.4. The van der Waals surface area contributed by atoms with E-state index >= 15 is 0 Å². The second-order valence-electron chi connectivity index (χ2n) is 30.6. The molecule has 1 heterocycles. The number of hydrogen-bond donors (Lipinski definition) is 6. The van der Waals surface area contributed by atoms with E-state index in [-0.39, 0.29) is 46.8 Å². The van der Waals surface area contributed by atoms with E-state index in [1.54, 1.807) is 6.92 Å². The summed E-state index contributed by atoms with van der Waals surface area (Å²) < 4.78 is 12.6. The van der Waals surface area contributed by atoms with E-state index in [1.807, 2.05) is 0 Å². The molecule has 2 aliphatic carbocycles. The van der Waals surface area contributed by atoms with Crippen LogP contribution in [0.15, 0.2) is 29.5 Å². The highest BCUT2D eigenvalue weighted by Gasteiger charge is 2.44. The zero-order valence-corrected chi connectivity index (χ0v) is 60.2. The Morgan fingerprint density at radius 3 is 1.53 bits per heavy atom. The molecule has 2 aliphatic rings. The maximum Gasteiger partial charge on any atom is 0.355 e. The van der Waals surface area contributed by atoms with Gasteiger partial charge in [0, 0.05) is 48.5 Å². The maximum absolute atomic E-state index is 13.9. The summed E-state index contributed by atoms with van der Waals surface area (Å²) in [5.74, 6) is 14.8. The van der Waals surface area contributed by atoms with Crippen LogP contribution in [0.2, 0.25) is 0 Å². The van der Waals surface area contributed by atoms with Crippen LogP contribution in [0.1, 0.15) is 337 Å². The van der Waals surface area contributed by atoms with Gasteiger partial charge >= 0.3 is 6.03 Å². The number of hydrogen-bond acceptors (Lipinski definition) is 9. The number of nitrogens with two attached hydrogens (primary N) is 2. The van der Waals surface area contributed by atoms with Crippen molar-refractivity contribution in [3.63, 3.8) is 0 Å². The van der Waals surface area contributed by atoms with Crippen LogP contribution in [0.4, 0.5) is 10.7 Å². The number of aromatic nitrogens is 2. The van der Waals surface area contributed by atoms with E-state index in [0.717, 1.165) is 67.4 Å². The van der Waals surface area contributed by atoms with Crippen molar-refractivity contribution in [1.82, 2.24) is 30.9 Å². The van der Waals surface area contributed by atoms with E-state index < -0.39 is 11.6 Å². The maximum atomic E-state index is 13.9. The number of allylic oxidation sites excluding steroid dienone is 1. The molecule has 0 radical (unpaired) electrons. The zero-order valence-electron chi connectivity index (χ0n) is 59.2. The first-order chi connectivity index (χ1) is 41.9. The molecule has 6 atom stereocenters. The summed E-state index contributed by atoms with van der Waals surface area (Å²) in [6.07, 6.45) is 51.2. The van der Waals surface area contributed by atoms with Gasteiger partial charge in [0.25, 0.3) is 5.56 Å². The smallest absolute Gasteiger partial charge is 0.355 e. The molecule has 510 valence electrons. The molecule has 2 fully saturated rings. The van der Waals surface area contributed by atoms with Gasteiger partial charge in [-0.25, -0.2) is 16.5 Å². The minimum Gasteiger partial charge on any atom is -0.479 e. The molecule has 2 amide bonds. The topological polar surface area (TPSA) is 176 Å². The Hall–Kier alpha value is -2.96. The molecule has 0 saturated heterocycles. The second-order valence-corrected chi connectivity index (χ2v) is 31.0. The predicted molar refractivity (Wildman–Crippen MR) is 380 cm³/mol. The Morgan fingerprint density at radius 2 is 1.06 bits per heavy atom. The van der Waals surface area contributed by atoms with Gasteiger partial charge in [-0.1, -0.05) is 277 Å². The molecule has 13 nitrogen and oxygen atoms in total. The first-order valence-corrected chi connectivity index (χ1v) is 37.1. The number of carbonyl (C=O) groups is 1. The van der Waals surface area contributed by atoms with Crippen LogP contribution in [-0.2, 0) is 15.9 Å². The van der Waals surface area contributed by atoms with Gasteiger partial charge in [0.15, 0.2) is 5.88 Å². The van der Waals surface area contributed by atoms with Gasteiger partial charge in [-0.3, -0.25) is 15.1 Å². The van der Waals surface area contributed by atoms with Crippen LogP contribution in [0, 0.1) is 40.4 Å². The number of anilines is 1. The molecule has 8 N–H and O–H groups in total. The average Bonchev–Trinajstić information content (AvgIpc) is 1.57. The molecular formula is C74H140N9O4P. The Morgan fingerprint density at radius 1 is 0.625 bits per heavy atom. The number of hydrazine groups is 2. The summed E-state index contributed by atoms with van der Waals surface area (Å²) in [5.41, 5.74) is 2.22. The van der Waals surface area contributed by atoms with Gasteiger partial charge < -0.3 is 25.1 Å². The fourth-order valence-corrected chi connectivity index (χ4v) is 15.8. The number of H-pyrrole nitrogens is 1. The van der Waals surface area contributed by atoms with Crippen molar-refractivity contribution in [2.75, 3.05) is 31.3 Å². The molecule has 1 aromatic rings. The summed E-state index contributed by atoms with van der Waals surface area (Å²) in [5, 5.41) is 13.1. The van der Waals surface area contributed by atoms with Crippen LogP contribution in [-0.4, -0.2) is 65.0 Å². The van der Waals surface area contributed by atoms with Crippen molar-refractivity contribution in [2.24, 2.45) is 45.2 Å². The number of ether oxygens (including phenoxy) is 2. The van der Waals surface area contributed by atoms with Crippen LogP contribution >= 0.6 is 8.86 Å². The van der Waals surface area contributed by atoms with Gasteiger partial charge in [-0.15, -0.1) is 0 Å². The summed E-state index contributed by atoms with van der Waals surface area (Å²) >= 11 is 0. The third kappa shape index (κ3) is 34.1. The van der Waals surface area contributed by atoms with Gasteiger partial charge in [0.1, 0.15) is 5.60 Å². The minimum atomic E-state index is -0.660. The van der Waals surface area contributed by atoms with Gasteiger partial charge in [0.05, 0.1) is 13.2 Å². The molecule has 6 unspecified atom stereocenters. The average molecular weight is 1250 g/mol. The number of nitrogens with zero attached hydrogens (tertiary/aromatic N) is 3.